The zero-order chi connectivity index (χ0) is 24.5. The largest absolute Gasteiger partial charge is 0.493 e. The van der Waals surface area contributed by atoms with Crippen molar-refractivity contribution in [3.63, 3.8) is 0 Å². The molecule has 37 heavy (non-hydrogen) atoms. The van der Waals surface area contributed by atoms with Gasteiger partial charge in [-0.2, -0.15) is 0 Å². The fourth-order valence-electron chi connectivity index (χ4n) is 5.95. The van der Waals surface area contributed by atoms with E-state index in [1.165, 1.54) is 33.5 Å². The number of hydrogen-bond acceptors (Lipinski definition) is 6. The van der Waals surface area contributed by atoms with E-state index in [9.17, 15) is 0 Å². The third kappa shape index (κ3) is 5.43. The molecule has 2 aromatic rings. The number of hydrogen-bond donors (Lipinski definition) is 0. The van der Waals surface area contributed by atoms with Crippen molar-refractivity contribution in [3.05, 3.63) is 57.7 Å². The molecule has 0 N–H and O–H groups in total. The number of methoxy groups -OCH3 is 4. The highest BCUT2D eigenvalue weighted by atomic mass is 35.5. The van der Waals surface area contributed by atoms with Gasteiger partial charge in [0.15, 0.2) is 23.0 Å². The topological polar surface area (TPSA) is 52.5 Å². The highest BCUT2D eigenvalue weighted by Gasteiger charge is 2.34. The first-order valence-electron chi connectivity index (χ1n) is 12.6. The summed E-state index contributed by atoms with van der Waals surface area (Å²) < 4.78 is 22.4. The minimum Gasteiger partial charge on any atom is -0.493 e. The summed E-state index contributed by atoms with van der Waals surface area (Å²) in [6.45, 7) is 5.20. The van der Waals surface area contributed by atoms with Crippen molar-refractivity contribution in [2.75, 3.05) is 48.1 Å². The monoisotopic (exact) mass is 548 g/mol. The number of benzene rings is 2. The Labute approximate surface area is 232 Å². The molecule has 1 atom stereocenters. The van der Waals surface area contributed by atoms with E-state index in [4.69, 9.17) is 23.9 Å². The molecular weight excluding hydrogens is 511 g/mol. The molecule has 0 aromatic heterocycles. The minimum atomic E-state index is 0. The van der Waals surface area contributed by atoms with Crippen LogP contribution in [0.4, 0.5) is 0 Å². The Balaban J connectivity index is 0.00000190. The third-order valence-electron chi connectivity index (χ3n) is 7.86. The molecule has 0 fully saturated rings. The average Bonchev–Trinajstić information content (AvgIpc) is 2.91. The van der Waals surface area contributed by atoms with Crippen LogP contribution in [0.2, 0.25) is 0 Å². The lowest BCUT2D eigenvalue weighted by molar-refractivity contribution is 0.183. The van der Waals surface area contributed by atoms with Crippen molar-refractivity contribution in [3.8, 4) is 23.0 Å². The van der Waals surface area contributed by atoms with Crippen LogP contribution in [-0.2, 0) is 12.8 Å². The van der Waals surface area contributed by atoms with Crippen molar-refractivity contribution in [1.29, 1.82) is 0 Å². The first-order valence-corrected chi connectivity index (χ1v) is 12.6. The average molecular weight is 550 g/mol. The molecule has 3 aliphatic heterocycles. The van der Waals surface area contributed by atoms with Crippen LogP contribution in [0.15, 0.2) is 40.4 Å². The molecule has 0 unspecified atom stereocenters. The molecule has 3 aliphatic rings. The van der Waals surface area contributed by atoms with E-state index >= 15 is 0 Å². The van der Waals surface area contributed by atoms with Gasteiger partial charge < -0.3 is 18.9 Å². The first kappa shape index (κ1) is 29.2. The molecule has 5 rings (SSSR count). The van der Waals surface area contributed by atoms with E-state index in [1.807, 2.05) is 0 Å². The lowest BCUT2D eigenvalue weighted by Crippen LogP contribution is -2.40. The lowest BCUT2D eigenvalue weighted by Gasteiger charge is -2.43. The van der Waals surface area contributed by atoms with Crippen molar-refractivity contribution in [2.24, 2.45) is 4.99 Å². The maximum absolute atomic E-state index is 5.66. The molecule has 0 amide bonds. The van der Waals surface area contributed by atoms with Crippen molar-refractivity contribution >= 4 is 30.5 Å². The summed E-state index contributed by atoms with van der Waals surface area (Å²) in [5, 5.41) is 0. The minimum absolute atomic E-state index is 0. The summed E-state index contributed by atoms with van der Waals surface area (Å²) in [6.07, 6.45) is 4.96. The van der Waals surface area contributed by atoms with Crippen LogP contribution < -0.4 is 18.9 Å². The summed E-state index contributed by atoms with van der Waals surface area (Å²) in [5.74, 6) is 3.18. The molecule has 0 spiro atoms. The Morgan fingerprint density at radius 3 is 2.08 bits per heavy atom. The molecule has 0 aliphatic carbocycles. The highest BCUT2D eigenvalue weighted by Crippen LogP contribution is 2.44. The van der Waals surface area contributed by atoms with Crippen molar-refractivity contribution in [1.82, 2.24) is 4.90 Å². The maximum Gasteiger partial charge on any atom is 0.161 e. The van der Waals surface area contributed by atoms with E-state index in [0.717, 1.165) is 74.7 Å². The van der Waals surface area contributed by atoms with Crippen molar-refractivity contribution in [2.45, 2.75) is 45.1 Å². The molecule has 2 aromatic carbocycles. The van der Waals surface area contributed by atoms with Gasteiger partial charge in [0.25, 0.3) is 0 Å². The van der Waals surface area contributed by atoms with E-state index in [0.29, 0.717) is 6.04 Å². The second-order valence-corrected chi connectivity index (χ2v) is 9.53. The second kappa shape index (κ2) is 12.4. The smallest absolute Gasteiger partial charge is 0.161 e. The van der Waals surface area contributed by atoms with Crippen LogP contribution in [0.5, 0.6) is 23.0 Å². The molecule has 0 radical (unpaired) electrons. The Hall–Kier alpha value is -2.41. The molecule has 0 bridgehead atoms. The Bertz CT molecular complexity index is 1190. The SMILES string of the molecule is CCC1=C(CC2=NCCc3cc(OC)c(OC)cc32)C[C@H]2c3cc(OC)c(OC)cc3CCN2C1.Cl.Cl. The standard InChI is InChI=1S/C29H36N2O4.2ClH/c1-6-18-17-31-10-8-20-14-27(33-3)29(35-5)16-23(20)25(31)12-21(18)11-24-22-15-28(34-4)26(32-2)13-19(22)7-9-30-24;;/h13-16,25H,6-12,17H2,1-5H3;2*1H/t25-;;/m0../s1. The molecule has 3 heterocycles. The summed E-state index contributed by atoms with van der Waals surface area (Å²) in [7, 11) is 6.82. The second-order valence-electron chi connectivity index (χ2n) is 9.53. The van der Waals surface area contributed by atoms with Gasteiger partial charge in [-0.05, 0) is 66.6 Å². The van der Waals surface area contributed by atoms with Crippen LogP contribution in [0.1, 0.15) is 54.5 Å². The van der Waals surface area contributed by atoms with Gasteiger partial charge in [0.05, 0.1) is 28.4 Å². The molecule has 0 saturated carbocycles. The molecule has 8 heteroatoms. The zero-order valence-corrected chi connectivity index (χ0v) is 24.0. The van der Waals surface area contributed by atoms with Gasteiger partial charge in [0.2, 0.25) is 0 Å². The van der Waals surface area contributed by atoms with Crippen molar-refractivity contribution < 1.29 is 18.9 Å². The summed E-state index contributed by atoms with van der Waals surface area (Å²) in [4.78, 5) is 7.64. The van der Waals surface area contributed by atoms with Crippen LogP contribution in [0.3, 0.4) is 0 Å². The van der Waals surface area contributed by atoms with E-state index < -0.39 is 0 Å². The molecule has 0 saturated heterocycles. The van der Waals surface area contributed by atoms with Crippen LogP contribution in [-0.4, -0.2) is 58.7 Å². The van der Waals surface area contributed by atoms with Crippen LogP contribution >= 0.6 is 24.8 Å². The molecule has 6 nitrogen and oxygen atoms in total. The van der Waals surface area contributed by atoms with E-state index in [-0.39, 0.29) is 24.8 Å². The van der Waals surface area contributed by atoms with E-state index in [2.05, 4.69) is 36.1 Å². The quantitative estimate of drug-likeness (QED) is 0.396. The molecule has 202 valence electrons. The predicted octanol–water partition coefficient (Wildman–Crippen LogP) is 6.01. The van der Waals surface area contributed by atoms with E-state index in [1.54, 1.807) is 34.0 Å². The maximum atomic E-state index is 5.66. The highest BCUT2D eigenvalue weighted by molar-refractivity contribution is 6.04. The van der Waals surface area contributed by atoms with Gasteiger partial charge in [0.1, 0.15) is 0 Å². The summed E-state index contributed by atoms with van der Waals surface area (Å²) >= 11 is 0. The first-order chi connectivity index (χ1) is 17.1. The number of halogens is 2. The van der Waals surface area contributed by atoms with Gasteiger partial charge >= 0.3 is 0 Å². The zero-order valence-electron chi connectivity index (χ0n) is 22.4. The van der Waals surface area contributed by atoms with Gasteiger partial charge in [-0.15, -0.1) is 24.8 Å². The predicted molar refractivity (Wildman–Crippen MR) is 153 cm³/mol. The van der Waals surface area contributed by atoms with Gasteiger partial charge in [-0.25, -0.2) is 0 Å². The molecular formula is C29H38Cl2N2O4. The Morgan fingerprint density at radius 1 is 0.811 bits per heavy atom. The number of fused-ring (bicyclic) bond motifs is 4. The lowest BCUT2D eigenvalue weighted by atomic mass is 9.80. The summed E-state index contributed by atoms with van der Waals surface area (Å²) in [6, 6.07) is 8.96. The number of nitrogens with zero attached hydrogens (tertiary/aromatic N) is 2. The number of aliphatic imine (C=N–C) groups is 1. The fraction of sp³-hybridized carbons (Fsp3) is 0.483. The van der Waals surface area contributed by atoms with Crippen LogP contribution in [0.25, 0.3) is 0 Å². The fourth-order valence-corrected chi connectivity index (χ4v) is 5.95. The van der Waals surface area contributed by atoms with Gasteiger partial charge in [-0.3, -0.25) is 9.89 Å². The Kier molecular flexibility index (Phi) is 9.79. The van der Waals surface area contributed by atoms with Gasteiger partial charge in [0, 0.05) is 43.4 Å². The van der Waals surface area contributed by atoms with Crippen LogP contribution in [0, 0.1) is 0 Å². The third-order valence-corrected chi connectivity index (χ3v) is 7.86. The number of rotatable bonds is 7. The summed E-state index contributed by atoms with van der Waals surface area (Å²) in [5.41, 5.74) is 9.50. The van der Waals surface area contributed by atoms with Gasteiger partial charge in [-0.1, -0.05) is 18.1 Å². The normalized spacial score (nSPS) is 18.3. The Morgan fingerprint density at radius 2 is 1.43 bits per heavy atom. The number of ether oxygens (including phenoxy) is 4.